The SMILES string of the molecule is CCCCCCN(C=C(CC)C(=O)O)NCCO. The van der Waals surface area contributed by atoms with E-state index in [-0.39, 0.29) is 6.61 Å². The van der Waals surface area contributed by atoms with E-state index < -0.39 is 5.97 Å². The van der Waals surface area contributed by atoms with Crippen molar-refractivity contribution in [2.45, 2.75) is 46.0 Å². The van der Waals surface area contributed by atoms with Crippen molar-refractivity contribution in [2.24, 2.45) is 0 Å². The summed E-state index contributed by atoms with van der Waals surface area (Å²) in [7, 11) is 0. The van der Waals surface area contributed by atoms with Gasteiger partial charge in [0, 0.05) is 19.3 Å². The smallest absolute Gasteiger partial charge is 0.333 e. The Balaban J connectivity index is 4.32. The van der Waals surface area contributed by atoms with E-state index in [1.807, 2.05) is 6.92 Å². The maximum Gasteiger partial charge on any atom is 0.333 e. The van der Waals surface area contributed by atoms with E-state index in [0.717, 1.165) is 19.4 Å². The summed E-state index contributed by atoms with van der Waals surface area (Å²) < 4.78 is 0. The molecule has 18 heavy (non-hydrogen) atoms. The number of aliphatic hydroxyl groups excluding tert-OH is 1. The highest BCUT2D eigenvalue weighted by molar-refractivity contribution is 5.86. The van der Waals surface area contributed by atoms with Crippen molar-refractivity contribution in [3.8, 4) is 0 Å². The van der Waals surface area contributed by atoms with Gasteiger partial charge in [0.15, 0.2) is 0 Å². The molecule has 3 N–H and O–H groups in total. The molecule has 0 radical (unpaired) electrons. The van der Waals surface area contributed by atoms with E-state index in [9.17, 15) is 4.79 Å². The number of carbonyl (C=O) groups is 1. The van der Waals surface area contributed by atoms with Crippen molar-refractivity contribution in [2.75, 3.05) is 19.7 Å². The highest BCUT2D eigenvalue weighted by atomic mass is 16.4. The number of nitrogens with zero attached hydrogens (tertiary/aromatic N) is 1. The Bertz CT molecular complexity index is 255. The van der Waals surface area contributed by atoms with Crippen molar-refractivity contribution in [1.29, 1.82) is 0 Å². The molecule has 0 saturated carbocycles. The number of carboxylic acids is 1. The van der Waals surface area contributed by atoms with Crippen molar-refractivity contribution >= 4 is 5.97 Å². The van der Waals surface area contributed by atoms with Crippen LogP contribution in [0.15, 0.2) is 11.8 Å². The Kier molecular flexibility index (Phi) is 10.4. The van der Waals surface area contributed by atoms with Gasteiger partial charge in [-0.05, 0) is 12.8 Å². The molecule has 0 aliphatic rings. The fourth-order valence-corrected chi connectivity index (χ4v) is 1.58. The molecule has 0 amide bonds. The first kappa shape index (κ1) is 16.9. The Hall–Kier alpha value is -1.07. The lowest BCUT2D eigenvalue weighted by Crippen LogP contribution is -2.37. The Morgan fingerprint density at radius 3 is 2.50 bits per heavy atom. The van der Waals surface area contributed by atoms with Gasteiger partial charge in [0.2, 0.25) is 0 Å². The van der Waals surface area contributed by atoms with E-state index in [2.05, 4.69) is 12.3 Å². The van der Waals surface area contributed by atoms with Gasteiger partial charge in [0.1, 0.15) is 0 Å². The number of hydrazine groups is 1. The van der Waals surface area contributed by atoms with E-state index in [1.165, 1.54) is 12.8 Å². The predicted octanol–water partition coefficient (Wildman–Crippen LogP) is 1.74. The number of hydrogen-bond acceptors (Lipinski definition) is 4. The van der Waals surface area contributed by atoms with E-state index in [0.29, 0.717) is 18.5 Å². The average Bonchev–Trinajstić information content (AvgIpc) is 2.36. The van der Waals surface area contributed by atoms with Crippen LogP contribution < -0.4 is 5.43 Å². The van der Waals surface area contributed by atoms with Crippen LogP contribution in [0.3, 0.4) is 0 Å². The van der Waals surface area contributed by atoms with Crippen LogP contribution in [-0.4, -0.2) is 40.9 Å². The first-order chi connectivity index (χ1) is 8.65. The average molecular weight is 258 g/mol. The molecule has 0 saturated heterocycles. The van der Waals surface area contributed by atoms with Gasteiger partial charge in [-0.1, -0.05) is 33.1 Å². The van der Waals surface area contributed by atoms with Gasteiger partial charge in [-0.15, -0.1) is 0 Å². The first-order valence-electron chi connectivity index (χ1n) is 6.70. The first-order valence-corrected chi connectivity index (χ1v) is 6.70. The minimum absolute atomic E-state index is 0.0355. The third-order valence-electron chi connectivity index (χ3n) is 2.65. The Labute approximate surface area is 109 Å². The van der Waals surface area contributed by atoms with Crippen LogP contribution in [0.2, 0.25) is 0 Å². The molecule has 0 aromatic rings. The maximum absolute atomic E-state index is 10.9. The number of aliphatic carboxylic acids is 1. The van der Waals surface area contributed by atoms with Crippen molar-refractivity contribution < 1.29 is 15.0 Å². The molecule has 0 aromatic carbocycles. The number of carboxylic acid groups (broad SMARTS) is 1. The van der Waals surface area contributed by atoms with E-state index in [1.54, 1.807) is 11.2 Å². The summed E-state index contributed by atoms with van der Waals surface area (Å²) in [5, 5.41) is 19.6. The van der Waals surface area contributed by atoms with Crippen LogP contribution >= 0.6 is 0 Å². The Morgan fingerprint density at radius 1 is 1.28 bits per heavy atom. The number of hydrogen-bond donors (Lipinski definition) is 3. The van der Waals surface area contributed by atoms with Crippen LogP contribution in [0.25, 0.3) is 0 Å². The van der Waals surface area contributed by atoms with Gasteiger partial charge < -0.3 is 15.2 Å². The molecular formula is C13H26N2O3. The monoisotopic (exact) mass is 258 g/mol. The highest BCUT2D eigenvalue weighted by Crippen LogP contribution is 2.05. The Morgan fingerprint density at radius 2 is 2.00 bits per heavy atom. The lowest BCUT2D eigenvalue weighted by Gasteiger charge is -2.22. The summed E-state index contributed by atoms with van der Waals surface area (Å²) in [6.45, 7) is 5.20. The summed E-state index contributed by atoms with van der Waals surface area (Å²) >= 11 is 0. The number of unbranched alkanes of at least 4 members (excludes halogenated alkanes) is 3. The minimum atomic E-state index is -0.887. The zero-order valence-electron chi connectivity index (χ0n) is 11.5. The summed E-state index contributed by atoms with van der Waals surface area (Å²) in [6.07, 6.45) is 6.63. The van der Waals surface area contributed by atoms with Gasteiger partial charge in [-0.25, -0.2) is 10.2 Å². The van der Waals surface area contributed by atoms with Crippen LogP contribution in [0, 0.1) is 0 Å². The summed E-state index contributed by atoms with van der Waals surface area (Å²) in [5.41, 5.74) is 3.38. The van der Waals surface area contributed by atoms with Crippen LogP contribution in [0.5, 0.6) is 0 Å². The fourth-order valence-electron chi connectivity index (χ4n) is 1.58. The molecule has 0 aliphatic carbocycles. The van der Waals surface area contributed by atoms with Crippen molar-refractivity contribution in [3.05, 3.63) is 11.8 Å². The summed E-state index contributed by atoms with van der Waals surface area (Å²) in [5.74, 6) is -0.887. The van der Waals surface area contributed by atoms with Crippen LogP contribution in [-0.2, 0) is 4.79 Å². The van der Waals surface area contributed by atoms with Gasteiger partial charge in [-0.2, -0.15) is 0 Å². The number of aliphatic hydroxyl groups is 1. The number of nitrogens with one attached hydrogen (secondary N) is 1. The predicted molar refractivity (Wildman–Crippen MR) is 71.9 cm³/mol. The van der Waals surface area contributed by atoms with Gasteiger partial charge in [0.05, 0.1) is 12.2 Å². The van der Waals surface area contributed by atoms with E-state index >= 15 is 0 Å². The highest BCUT2D eigenvalue weighted by Gasteiger charge is 2.07. The van der Waals surface area contributed by atoms with Crippen molar-refractivity contribution in [1.82, 2.24) is 10.4 Å². The normalized spacial score (nSPS) is 11.6. The second kappa shape index (κ2) is 11.0. The van der Waals surface area contributed by atoms with E-state index in [4.69, 9.17) is 10.2 Å². The third-order valence-corrected chi connectivity index (χ3v) is 2.65. The lowest BCUT2D eigenvalue weighted by atomic mass is 10.2. The zero-order chi connectivity index (χ0) is 13.8. The largest absolute Gasteiger partial charge is 0.478 e. The molecule has 0 rings (SSSR count). The molecule has 0 fully saturated rings. The molecule has 0 spiro atoms. The molecule has 0 aliphatic heterocycles. The van der Waals surface area contributed by atoms with Gasteiger partial charge in [0.25, 0.3) is 0 Å². The van der Waals surface area contributed by atoms with Gasteiger partial charge in [-0.3, -0.25) is 0 Å². The molecule has 0 aromatic heterocycles. The third kappa shape index (κ3) is 8.08. The maximum atomic E-state index is 10.9. The molecule has 106 valence electrons. The fraction of sp³-hybridized carbons (Fsp3) is 0.769. The van der Waals surface area contributed by atoms with Crippen molar-refractivity contribution in [3.63, 3.8) is 0 Å². The molecule has 5 nitrogen and oxygen atoms in total. The second-order valence-corrected chi connectivity index (χ2v) is 4.20. The van der Waals surface area contributed by atoms with Gasteiger partial charge >= 0.3 is 5.97 Å². The summed E-state index contributed by atoms with van der Waals surface area (Å²) in [6, 6.07) is 0. The minimum Gasteiger partial charge on any atom is -0.478 e. The van der Waals surface area contributed by atoms with Crippen LogP contribution in [0.4, 0.5) is 0 Å². The second-order valence-electron chi connectivity index (χ2n) is 4.20. The van der Waals surface area contributed by atoms with Crippen LogP contribution in [0.1, 0.15) is 46.0 Å². The molecule has 0 bridgehead atoms. The molecule has 0 atom stereocenters. The molecule has 0 unspecified atom stereocenters. The standard InChI is InChI=1S/C13H26N2O3/c1-3-5-6-7-9-15(14-8-10-16)11-12(4-2)13(17)18/h11,14,16H,3-10H2,1-2H3,(H,17,18). The molecule has 5 heteroatoms. The zero-order valence-corrected chi connectivity index (χ0v) is 11.5. The topological polar surface area (TPSA) is 72.8 Å². The molecular weight excluding hydrogens is 232 g/mol. The quantitative estimate of drug-likeness (QED) is 0.299. The number of rotatable bonds is 11. The molecule has 0 heterocycles. The lowest BCUT2D eigenvalue weighted by molar-refractivity contribution is -0.132. The summed E-state index contributed by atoms with van der Waals surface area (Å²) in [4.78, 5) is 10.9.